The SMILES string of the molecule is CCCCCC(C)Oc1ccc(C(=O)Oc2ccc(C=O)cc2)cc1. The number of rotatable bonds is 9. The molecule has 0 aliphatic heterocycles. The highest BCUT2D eigenvalue weighted by Gasteiger charge is 2.10. The molecule has 2 aromatic rings. The van der Waals surface area contributed by atoms with Crippen molar-refractivity contribution in [2.75, 3.05) is 0 Å². The first-order valence-electron chi connectivity index (χ1n) is 8.66. The van der Waals surface area contributed by atoms with E-state index >= 15 is 0 Å². The van der Waals surface area contributed by atoms with E-state index in [1.807, 2.05) is 0 Å². The molecule has 2 aromatic carbocycles. The normalized spacial score (nSPS) is 11.6. The summed E-state index contributed by atoms with van der Waals surface area (Å²) in [4.78, 5) is 22.8. The van der Waals surface area contributed by atoms with Crippen LogP contribution in [0, 0.1) is 0 Å². The van der Waals surface area contributed by atoms with Crippen LogP contribution in [0.1, 0.15) is 60.2 Å². The van der Waals surface area contributed by atoms with Crippen molar-refractivity contribution in [3.05, 3.63) is 59.7 Å². The van der Waals surface area contributed by atoms with Crippen LogP contribution in [0.5, 0.6) is 11.5 Å². The van der Waals surface area contributed by atoms with E-state index in [-0.39, 0.29) is 6.10 Å². The van der Waals surface area contributed by atoms with Gasteiger partial charge in [-0.05, 0) is 68.3 Å². The highest BCUT2D eigenvalue weighted by atomic mass is 16.5. The van der Waals surface area contributed by atoms with Crippen molar-refractivity contribution < 1.29 is 19.1 Å². The van der Waals surface area contributed by atoms with Gasteiger partial charge < -0.3 is 9.47 Å². The molecule has 25 heavy (non-hydrogen) atoms. The van der Waals surface area contributed by atoms with Crippen molar-refractivity contribution >= 4 is 12.3 Å². The first-order valence-corrected chi connectivity index (χ1v) is 8.66. The fourth-order valence-electron chi connectivity index (χ4n) is 2.42. The van der Waals surface area contributed by atoms with Gasteiger partial charge in [0.15, 0.2) is 0 Å². The Morgan fingerprint density at radius 2 is 1.64 bits per heavy atom. The van der Waals surface area contributed by atoms with Gasteiger partial charge in [0.1, 0.15) is 17.8 Å². The fourth-order valence-corrected chi connectivity index (χ4v) is 2.42. The molecule has 0 saturated carbocycles. The van der Waals surface area contributed by atoms with E-state index in [4.69, 9.17) is 9.47 Å². The van der Waals surface area contributed by atoms with Crippen LogP contribution in [-0.4, -0.2) is 18.4 Å². The molecule has 0 radical (unpaired) electrons. The van der Waals surface area contributed by atoms with Crippen LogP contribution in [0.25, 0.3) is 0 Å². The van der Waals surface area contributed by atoms with Gasteiger partial charge in [-0.25, -0.2) is 4.79 Å². The maximum atomic E-state index is 12.1. The molecule has 2 rings (SSSR count). The second-order valence-corrected chi connectivity index (χ2v) is 6.03. The number of unbranched alkanes of at least 4 members (excludes halogenated alkanes) is 2. The average molecular weight is 340 g/mol. The number of aldehydes is 1. The molecule has 0 aromatic heterocycles. The van der Waals surface area contributed by atoms with Gasteiger partial charge >= 0.3 is 5.97 Å². The van der Waals surface area contributed by atoms with Crippen LogP contribution in [-0.2, 0) is 0 Å². The van der Waals surface area contributed by atoms with Crippen molar-refractivity contribution in [2.24, 2.45) is 0 Å². The van der Waals surface area contributed by atoms with E-state index in [1.165, 1.54) is 12.8 Å². The standard InChI is InChI=1S/C21H24O4/c1-3-4-5-6-16(2)24-19-13-9-18(10-14-19)21(23)25-20-11-7-17(15-22)8-12-20/h7-16H,3-6H2,1-2H3. The Hall–Kier alpha value is -2.62. The first kappa shape index (κ1) is 18.7. The highest BCUT2D eigenvalue weighted by Crippen LogP contribution is 2.18. The Bertz CT molecular complexity index is 674. The van der Waals surface area contributed by atoms with Gasteiger partial charge in [0.25, 0.3) is 0 Å². The molecule has 0 spiro atoms. The van der Waals surface area contributed by atoms with Gasteiger partial charge in [-0.2, -0.15) is 0 Å². The lowest BCUT2D eigenvalue weighted by molar-refractivity contribution is 0.0734. The van der Waals surface area contributed by atoms with E-state index < -0.39 is 5.97 Å². The molecule has 0 fully saturated rings. The molecule has 1 unspecified atom stereocenters. The van der Waals surface area contributed by atoms with Crippen molar-refractivity contribution in [1.82, 2.24) is 0 Å². The molecule has 0 N–H and O–H groups in total. The summed E-state index contributed by atoms with van der Waals surface area (Å²) >= 11 is 0. The number of ether oxygens (including phenoxy) is 2. The Morgan fingerprint density at radius 1 is 1.00 bits per heavy atom. The second-order valence-electron chi connectivity index (χ2n) is 6.03. The zero-order valence-electron chi connectivity index (χ0n) is 14.7. The lowest BCUT2D eigenvalue weighted by Gasteiger charge is -2.14. The largest absolute Gasteiger partial charge is 0.491 e. The Morgan fingerprint density at radius 3 is 2.24 bits per heavy atom. The molecular formula is C21H24O4. The third-order valence-electron chi connectivity index (χ3n) is 3.87. The molecule has 4 heteroatoms. The molecule has 0 bridgehead atoms. The second kappa shape index (κ2) is 9.62. The van der Waals surface area contributed by atoms with E-state index in [0.29, 0.717) is 16.9 Å². The number of hydrogen-bond donors (Lipinski definition) is 0. The Labute approximate surface area is 148 Å². The summed E-state index contributed by atoms with van der Waals surface area (Å²) < 4.78 is 11.1. The lowest BCUT2D eigenvalue weighted by atomic mass is 10.1. The number of hydrogen-bond acceptors (Lipinski definition) is 4. The summed E-state index contributed by atoms with van der Waals surface area (Å²) in [6.07, 6.45) is 5.49. The van der Waals surface area contributed by atoms with Crippen LogP contribution in [0.15, 0.2) is 48.5 Å². The highest BCUT2D eigenvalue weighted by molar-refractivity contribution is 5.91. The van der Waals surface area contributed by atoms with Crippen molar-refractivity contribution in [1.29, 1.82) is 0 Å². The zero-order valence-corrected chi connectivity index (χ0v) is 14.7. The first-order chi connectivity index (χ1) is 12.1. The number of esters is 1. The molecular weight excluding hydrogens is 316 g/mol. The third kappa shape index (κ3) is 6.07. The smallest absolute Gasteiger partial charge is 0.343 e. The number of carbonyl (C=O) groups excluding carboxylic acids is 2. The lowest BCUT2D eigenvalue weighted by Crippen LogP contribution is -2.12. The number of benzene rings is 2. The predicted octanol–water partition coefficient (Wildman–Crippen LogP) is 5.07. The predicted molar refractivity (Wildman–Crippen MR) is 97.5 cm³/mol. The molecule has 0 saturated heterocycles. The van der Waals surface area contributed by atoms with Crippen LogP contribution >= 0.6 is 0 Å². The molecule has 0 amide bonds. The molecule has 1 atom stereocenters. The summed E-state index contributed by atoms with van der Waals surface area (Å²) in [7, 11) is 0. The van der Waals surface area contributed by atoms with E-state index in [1.54, 1.807) is 48.5 Å². The summed E-state index contributed by atoms with van der Waals surface area (Å²) in [5, 5.41) is 0. The van der Waals surface area contributed by atoms with E-state index in [2.05, 4.69) is 13.8 Å². The minimum absolute atomic E-state index is 0.153. The van der Waals surface area contributed by atoms with E-state index in [9.17, 15) is 9.59 Å². The third-order valence-corrected chi connectivity index (χ3v) is 3.87. The Balaban J connectivity index is 1.89. The summed E-state index contributed by atoms with van der Waals surface area (Å²) in [6.45, 7) is 4.24. The minimum Gasteiger partial charge on any atom is -0.491 e. The maximum absolute atomic E-state index is 12.1. The van der Waals surface area contributed by atoms with Gasteiger partial charge in [-0.15, -0.1) is 0 Å². The molecule has 0 aliphatic carbocycles. The zero-order chi connectivity index (χ0) is 18.1. The van der Waals surface area contributed by atoms with Crippen LogP contribution < -0.4 is 9.47 Å². The van der Waals surface area contributed by atoms with Gasteiger partial charge in [0.05, 0.1) is 11.7 Å². The fraction of sp³-hybridized carbons (Fsp3) is 0.333. The van der Waals surface area contributed by atoms with Crippen molar-refractivity contribution in [3.63, 3.8) is 0 Å². The summed E-state index contributed by atoms with van der Waals surface area (Å²) in [6, 6.07) is 13.3. The minimum atomic E-state index is -0.443. The number of carbonyl (C=O) groups is 2. The monoisotopic (exact) mass is 340 g/mol. The van der Waals surface area contributed by atoms with Crippen LogP contribution in [0.4, 0.5) is 0 Å². The molecule has 4 nitrogen and oxygen atoms in total. The molecule has 0 heterocycles. The summed E-state index contributed by atoms with van der Waals surface area (Å²) in [5.41, 5.74) is 0.986. The average Bonchev–Trinajstić information content (AvgIpc) is 2.63. The molecule has 0 aliphatic rings. The quantitative estimate of drug-likeness (QED) is 0.277. The van der Waals surface area contributed by atoms with Crippen molar-refractivity contribution in [2.45, 2.75) is 45.6 Å². The Kier molecular flexibility index (Phi) is 7.20. The topological polar surface area (TPSA) is 52.6 Å². The maximum Gasteiger partial charge on any atom is 0.343 e. The van der Waals surface area contributed by atoms with Gasteiger partial charge in [0, 0.05) is 5.56 Å². The van der Waals surface area contributed by atoms with E-state index in [0.717, 1.165) is 24.9 Å². The van der Waals surface area contributed by atoms with Gasteiger partial charge in [0.2, 0.25) is 0 Å². The summed E-state index contributed by atoms with van der Waals surface area (Å²) in [5.74, 6) is 0.706. The van der Waals surface area contributed by atoms with Crippen LogP contribution in [0.3, 0.4) is 0 Å². The van der Waals surface area contributed by atoms with Gasteiger partial charge in [-0.1, -0.05) is 19.8 Å². The molecule has 132 valence electrons. The van der Waals surface area contributed by atoms with Gasteiger partial charge in [-0.3, -0.25) is 4.79 Å². The van der Waals surface area contributed by atoms with Crippen molar-refractivity contribution in [3.8, 4) is 11.5 Å². The van der Waals surface area contributed by atoms with Crippen LogP contribution in [0.2, 0.25) is 0 Å².